The van der Waals surface area contributed by atoms with Crippen molar-refractivity contribution in [2.45, 2.75) is 6.92 Å². The summed E-state index contributed by atoms with van der Waals surface area (Å²) in [6, 6.07) is 7.57. The standard InChI is InChI=1S/C11H13N3O/c1-8-3-4-10(9(5-8)6-12)14-7-11(15)13-2/h3-5,14H,7H2,1-2H3,(H,13,15). The topological polar surface area (TPSA) is 64.9 Å². The first-order valence-corrected chi connectivity index (χ1v) is 4.62. The van der Waals surface area contributed by atoms with E-state index in [1.54, 1.807) is 19.2 Å². The Labute approximate surface area is 88.9 Å². The third kappa shape index (κ3) is 2.99. The van der Waals surface area contributed by atoms with E-state index in [1.165, 1.54) is 0 Å². The van der Waals surface area contributed by atoms with Crippen LogP contribution in [0.25, 0.3) is 0 Å². The van der Waals surface area contributed by atoms with Crippen LogP contribution in [0.15, 0.2) is 18.2 Å². The molecule has 4 heteroatoms. The Bertz CT molecular complexity index is 407. The second-order valence-corrected chi connectivity index (χ2v) is 3.19. The molecule has 2 N–H and O–H groups in total. The molecule has 1 rings (SSSR count). The van der Waals surface area contributed by atoms with E-state index in [9.17, 15) is 4.79 Å². The van der Waals surface area contributed by atoms with E-state index in [2.05, 4.69) is 16.7 Å². The zero-order valence-corrected chi connectivity index (χ0v) is 8.79. The maximum atomic E-state index is 11.0. The van der Waals surface area contributed by atoms with Gasteiger partial charge in [-0.2, -0.15) is 5.26 Å². The number of rotatable bonds is 3. The van der Waals surface area contributed by atoms with Gasteiger partial charge in [0, 0.05) is 7.05 Å². The highest BCUT2D eigenvalue weighted by Crippen LogP contribution is 2.15. The van der Waals surface area contributed by atoms with Gasteiger partial charge in [-0.15, -0.1) is 0 Å². The molecule has 0 radical (unpaired) electrons. The summed E-state index contributed by atoms with van der Waals surface area (Å²) in [6.45, 7) is 2.09. The zero-order valence-electron chi connectivity index (χ0n) is 8.79. The van der Waals surface area contributed by atoms with E-state index >= 15 is 0 Å². The smallest absolute Gasteiger partial charge is 0.239 e. The van der Waals surface area contributed by atoms with Crippen molar-refractivity contribution in [1.82, 2.24) is 5.32 Å². The second kappa shape index (κ2) is 5.01. The minimum absolute atomic E-state index is 0.112. The lowest BCUT2D eigenvalue weighted by atomic mass is 10.1. The van der Waals surface area contributed by atoms with Crippen LogP contribution in [0, 0.1) is 18.3 Å². The van der Waals surface area contributed by atoms with Gasteiger partial charge in [0.2, 0.25) is 5.91 Å². The molecule has 15 heavy (non-hydrogen) atoms. The Kier molecular flexibility index (Phi) is 3.69. The Balaban J connectivity index is 2.77. The number of benzene rings is 1. The number of likely N-dealkylation sites (N-methyl/N-ethyl adjacent to an activating group) is 1. The molecule has 1 aromatic carbocycles. The van der Waals surface area contributed by atoms with Gasteiger partial charge in [0.15, 0.2) is 0 Å². The Morgan fingerprint density at radius 2 is 2.27 bits per heavy atom. The highest BCUT2D eigenvalue weighted by molar-refractivity contribution is 5.80. The largest absolute Gasteiger partial charge is 0.375 e. The van der Waals surface area contributed by atoms with Crippen molar-refractivity contribution >= 4 is 11.6 Å². The van der Waals surface area contributed by atoms with Crippen LogP contribution in [0.4, 0.5) is 5.69 Å². The van der Waals surface area contributed by atoms with Crippen molar-refractivity contribution in [3.8, 4) is 6.07 Å². The third-order valence-corrected chi connectivity index (χ3v) is 2.01. The first-order chi connectivity index (χ1) is 7.17. The highest BCUT2D eigenvalue weighted by atomic mass is 16.1. The van der Waals surface area contributed by atoms with E-state index < -0.39 is 0 Å². The summed E-state index contributed by atoms with van der Waals surface area (Å²) in [6.07, 6.45) is 0. The lowest BCUT2D eigenvalue weighted by Gasteiger charge is -2.07. The van der Waals surface area contributed by atoms with Crippen molar-refractivity contribution in [3.05, 3.63) is 29.3 Å². The molecule has 0 fully saturated rings. The van der Waals surface area contributed by atoms with E-state index in [0.29, 0.717) is 11.3 Å². The molecule has 0 aromatic heterocycles. The van der Waals surface area contributed by atoms with Gasteiger partial charge in [-0.05, 0) is 24.6 Å². The van der Waals surface area contributed by atoms with Crippen LogP contribution < -0.4 is 10.6 Å². The molecule has 0 aliphatic heterocycles. The highest BCUT2D eigenvalue weighted by Gasteiger charge is 2.03. The number of nitrogens with zero attached hydrogens (tertiary/aromatic N) is 1. The lowest BCUT2D eigenvalue weighted by Crippen LogP contribution is -2.26. The van der Waals surface area contributed by atoms with E-state index in [0.717, 1.165) is 5.56 Å². The minimum Gasteiger partial charge on any atom is -0.375 e. The van der Waals surface area contributed by atoms with E-state index in [4.69, 9.17) is 5.26 Å². The molecule has 0 spiro atoms. The molecule has 0 saturated heterocycles. The maximum Gasteiger partial charge on any atom is 0.239 e. The molecule has 0 aliphatic rings. The number of hydrogen-bond donors (Lipinski definition) is 2. The molecule has 78 valence electrons. The molecule has 0 unspecified atom stereocenters. The van der Waals surface area contributed by atoms with Crippen LogP contribution in [0.2, 0.25) is 0 Å². The summed E-state index contributed by atoms with van der Waals surface area (Å²) >= 11 is 0. The molecule has 0 heterocycles. The number of carbonyl (C=O) groups is 1. The van der Waals surface area contributed by atoms with Crippen molar-refractivity contribution in [2.75, 3.05) is 18.9 Å². The number of hydrogen-bond acceptors (Lipinski definition) is 3. The summed E-state index contributed by atoms with van der Waals surface area (Å²) in [5, 5.41) is 14.3. The Morgan fingerprint density at radius 3 is 2.87 bits per heavy atom. The van der Waals surface area contributed by atoms with Crippen LogP contribution in [-0.2, 0) is 4.79 Å². The first kappa shape index (κ1) is 11.1. The SMILES string of the molecule is CNC(=O)CNc1ccc(C)cc1C#N. The molecule has 4 nitrogen and oxygen atoms in total. The number of aryl methyl sites for hydroxylation is 1. The minimum atomic E-state index is -0.112. The van der Waals surface area contributed by atoms with Gasteiger partial charge in [-0.25, -0.2) is 0 Å². The maximum absolute atomic E-state index is 11.0. The number of nitriles is 1. The van der Waals surface area contributed by atoms with Crippen LogP contribution in [0.1, 0.15) is 11.1 Å². The first-order valence-electron chi connectivity index (χ1n) is 4.62. The summed E-state index contributed by atoms with van der Waals surface area (Å²) in [4.78, 5) is 11.0. The second-order valence-electron chi connectivity index (χ2n) is 3.19. The predicted octanol–water partition coefficient (Wildman–Crippen LogP) is 1.02. The quantitative estimate of drug-likeness (QED) is 0.771. The summed E-state index contributed by atoms with van der Waals surface area (Å²) in [5.74, 6) is -0.112. The van der Waals surface area contributed by atoms with Gasteiger partial charge in [0.1, 0.15) is 6.07 Å². The number of amides is 1. The van der Waals surface area contributed by atoms with E-state index in [-0.39, 0.29) is 12.5 Å². The van der Waals surface area contributed by atoms with Crippen molar-refractivity contribution in [2.24, 2.45) is 0 Å². The van der Waals surface area contributed by atoms with Crippen LogP contribution in [-0.4, -0.2) is 19.5 Å². The van der Waals surface area contributed by atoms with Gasteiger partial charge in [0.05, 0.1) is 17.8 Å². The Hall–Kier alpha value is -2.02. The Morgan fingerprint density at radius 1 is 1.53 bits per heavy atom. The van der Waals surface area contributed by atoms with Gasteiger partial charge >= 0.3 is 0 Å². The fraction of sp³-hybridized carbons (Fsp3) is 0.273. The van der Waals surface area contributed by atoms with Crippen molar-refractivity contribution in [1.29, 1.82) is 5.26 Å². The molecular formula is C11H13N3O. The lowest BCUT2D eigenvalue weighted by molar-refractivity contribution is -0.118. The summed E-state index contributed by atoms with van der Waals surface area (Å²) < 4.78 is 0. The van der Waals surface area contributed by atoms with Crippen LogP contribution in [0.5, 0.6) is 0 Å². The number of anilines is 1. The van der Waals surface area contributed by atoms with Crippen molar-refractivity contribution < 1.29 is 4.79 Å². The van der Waals surface area contributed by atoms with Crippen molar-refractivity contribution in [3.63, 3.8) is 0 Å². The summed E-state index contributed by atoms with van der Waals surface area (Å²) in [7, 11) is 1.57. The fourth-order valence-electron chi connectivity index (χ4n) is 1.17. The summed E-state index contributed by atoms with van der Waals surface area (Å²) in [5.41, 5.74) is 2.27. The fourth-order valence-corrected chi connectivity index (χ4v) is 1.17. The average Bonchev–Trinajstić information content (AvgIpc) is 2.26. The molecule has 0 bridgehead atoms. The molecule has 1 aromatic rings. The molecule has 0 aliphatic carbocycles. The van der Waals surface area contributed by atoms with Gasteiger partial charge in [-0.1, -0.05) is 6.07 Å². The van der Waals surface area contributed by atoms with Gasteiger partial charge in [0.25, 0.3) is 0 Å². The number of carbonyl (C=O) groups excluding carboxylic acids is 1. The zero-order chi connectivity index (χ0) is 11.3. The predicted molar refractivity (Wildman–Crippen MR) is 58.5 cm³/mol. The average molecular weight is 203 g/mol. The van der Waals surface area contributed by atoms with Crippen LogP contribution in [0.3, 0.4) is 0 Å². The molecule has 1 amide bonds. The third-order valence-electron chi connectivity index (χ3n) is 2.01. The molecular weight excluding hydrogens is 190 g/mol. The molecule has 0 saturated carbocycles. The van der Waals surface area contributed by atoms with Crippen LogP contribution >= 0.6 is 0 Å². The molecule has 0 atom stereocenters. The van der Waals surface area contributed by atoms with E-state index in [1.807, 2.05) is 13.0 Å². The number of nitrogens with one attached hydrogen (secondary N) is 2. The van der Waals surface area contributed by atoms with Gasteiger partial charge < -0.3 is 10.6 Å². The monoisotopic (exact) mass is 203 g/mol. The normalized spacial score (nSPS) is 9.13. The van der Waals surface area contributed by atoms with Gasteiger partial charge in [-0.3, -0.25) is 4.79 Å².